The lowest BCUT2D eigenvalue weighted by Gasteiger charge is -2.07. The third-order valence-corrected chi connectivity index (χ3v) is 2.12. The maximum Gasteiger partial charge on any atom is 0.256 e. The van der Waals surface area contributed by atoms with Crippen LogP contribution in [0.5, 0.6) is 0 Å². The molecule has 2 rings (SSSR count). The second-order valence-electron chi connectivity index (χ2n) is 3.29. The summed E-state index contributed by atoms with van der Waals surface area (Å²) in [6.45, 7) is -0.377. The van der Waals surface area contributed by atoms with E-state index in [1.165, 1.54) is 23.3 Å². The van der Waals surface area contributed by atoms with Crippen LogP contribution in [0.15, 0.2) is 30.9 Å². The quantitative estimate of drug-likeness (QED) is 0.864. The first-order valence-electron chi connectivity index (χ1n) is 4.67. The zero-order chi connectivity index (χ0) is 11.5. The van der Waals surface area contributed by atoms with E-state index < -0.39 is 6.43 Å². The SMILES string of the molecule is Nc1cc(-c2cncn2CC(F)F)ccn1. The molecule has 84 valence electrons. The number of halogens is 2. The van der Waals surface area contributed by atoms with Crippen molar-refractivity contribution in [2.75, 3.05) is 5.73 Å². The van der Waals surface area contributed by atoms with Gasteiger partial charge in [0.15, 0.2) is 0 Å². The molecule has 2 aromatic rings. The van der Waals surface area contributed by atoms with Crippen molar-refractivity contribution in [3.05, 3.63) is 30.9 Å². The van der Waals surface area contributed by atoms with Crippen molar-refractivity contribution in [1.29, 1.82) is 0 Å². The number of anilines is 1. The number of hydrogen-bond donors (Lipinski definition) is 1. The Kier molecular flexibility index (Phi) is 2.80. The number of nitrogens with two attached hydrogens (primary N) is 1. The highest BCUT2D eigenvalue weighted by Crippen LogP contribution is 2.20. The molecule has 0 aliphatic carbocycles. The fourth-order valence-electron chi connectivity index (χ4n) is 1.46. The zero-order valence-electron chi connectivity index (χ0n) is 8.35. The van der Waals surface area contributed by atoms with Crippen LogP contribution in [0.3, 0.4) is 0 Å². The van der Waals surface area contributed by atoms with E-state index in [2.05, 4.69) is 9.97 Å². The molecule has 0 atom stereocenters. The third kappa shape index (κ3) is 2.16. The van der Waals surface area contributed by atoms with Crippen LogP contribution in [0.4, 0.5) is 14.6 Å². The molecule has 0 saturated carbocycles. The van der Waals surface area contributed by atoms with Crippen LogP contribution in [-0.2, 0) is 6.54 Å². The lowest BCUT2D eigenvalue weighted by Crippen LogP contribution is -2.06. The van der Waals surface area contributed by atoms with Gasteiger partial charge in [-0.2, -0.15) is 0 Å². The van der Waals surface area contributed by atoms with Gasteiger partial charge in [-0.3, -0.25) is 0 Å². The van der Waals surface area contributed by atoms with E-state index >= 15 is 0 Å². The molecule has 2 N–H and O–H groups in total. The highest BCUT2D eigenvalue weighted by atomic mass is 19.3. The Bertz CT molecular complexity index is 481. The fourth-order valence-corrected chi connectivity index (χ4v) is 1.46. The lowest BCUT2D eigenvalue weighted by molar-refractivity contribution is 0.127. The molecule has 16 heavy (non-hydrogen) atoms. The van der Waals surface area contributed by atoms with Gasteiger partial charge in [-0.05, 0) is 12.1 Å². The molecule has 0 aliphatic rings. The number of hydrogen-bond acceptors (Lipinski definition) is 3. The number of nitrogens with zero attached hydrogens (tertiary/aromatic N) is 3. The van der Waals surface area contributed by atoms with E-state index in [-0.39, 0.29) is 6.54 Å². The van der Waals surface area contributed by atoms with Gasteiger partial charge in [-0.25, -0.2) is 18.7 Å². The van der Waals surface area contributed by atoms with Crippen molar-refractivity contribution < 1.29 is 8.78 Å². The predicted molar refractivity (Wildman–Crippen MR) is 55.9 cm³/mol. The number of alkyl halides is 2. The smallest absolute Gasteiger partial charge is 0.256 e. The summed E-state index contributed by atoms with van der Waals surface area (Å²) >= 11 is 0. The Hall–Kier alpha value is -1.98. The monoisotopic (exact) mass is 224 g/mol. The van der Waals surface area contributed by atoms with Gasteiger partial charge in [-0.15, -0.1) is 0 Å². The van der Waals surface area contributed by atoms with Crippen molar-refractivity contribution in [1.82, 2.24) is 14.5 Å². The molecule has 6 heteroatoms. The van der Waals surface area contributed by atoms with E-state index in [4.69, 9.17) is 5.73 Å². The summed E-state index contributed by atoms with van der Waals surface area (Å²) in [5.74, 6) is 0.349. The number of aromatic nitrogens is 3. The molecule has 0 aliphatic heterocycles. The third-order valence-electron chi connectivity index (χ3n) is 2.12. The zero-order valence-corrected chi connectivity index (χ0v) is 8.35. The summed E-state index contributed by atoms with van der Waals surface area (Å²) in [6, 6.07) is 3.33. The normalized spacial score (nSPS) is 10.9. The average molecular weight is 224 g/mol. The van der Waals surface area contributed by atoms with Gasteiger partial charge in [0.05, 0.1) is 24.8 Å². The highest BCUT2D eigenvalue weighted by Gasteiger charge is 2.10. The summed E-state index contributed by atoms with van der Waals surface area (Å²) in [6.07, 6.45) is 2.02. The molecule has 0 amide bonds. The summed E-state index contributed by atoms with van der Waals surface area (Å²) in [7, 11) is 0. The van der Waals surface area contributed by atoms with Crippen LogP contribution in [0.25, 0.3) is 11.3 Å². The first kappa shape index (κ1) is 10.5. The maximum absolute atomic E-state index is 12.3. The van der Waals surface area contributed by atoms with Crippen LogP contribution in [0, 0.1) is 0 Å². The number of rotatable bonds is 3. The maximum atomic E-state index is 12.3. The molecular weight excluding hydrogens is 214 g/mol. The van der Waals surface area contributed by atoms with Gasteiger partial charge >= 0.3 is 0 Å². The van der Waals surface area contributed by atoms with Gasteiger partial charge in [0.25, 0.3) is 6.43 Å². The minimum atomic E-state index is -2.41. The minimum Gasteiger partial charge on any atom is -0.384 e. The van der Waals surface area contributed by atoms with Gasteiger partial charge in [0.1, 0.15) is 5.82 Å². The topological polar surface area (TPSA) is 56.7 Å². The number of imidazole rings is 1. The van der Waals surface area contributed by atoms with Crippen molar-refractivity contribution in [3.63, 3.8) is 0 Å². The van der Waals surface area contributed by atoms with E-state index in [1.807, 2.05) is 0 Å². The minimum absolute atomic E-state index is 0.349. The Morgan fingerprint density at radius 3 is 2.94 bits per heavy atom. The second kappa shape index (κ2) is 4.26. The van der Waals surface area contributed by atoms with Crippen molar-refractivity contribution in [2.45, 2.75) is 13.0 Å². The van der Waals surface area contributed by atoms with Crippen LogP contribution >= 0.6 is 0 Å². The Balaban J connectivity index is 2.37. The van der Waals surface area contributed by atoms with Crippen LogP contribution in [0.1, 0.15) is 0 Å². The molecular formula is C10H10F2N4. The predicted octanol–water partition coefficient (Wildman–Crippen LogP) is 1.79. The molecule has 2 aromatic heterocycles. The summed E-state index contributed by atoms with van der Waals surface area (Å²) < 4.78 is 26.0. The van der Waals surface area contributed by atoms with Crippen LogP contribution in [-0.4, -0.2) is 21.0 Å². The van der Waals surface area contributed by atoms with Gasteiger partial charge in [0, 0.05) is 11.8 Å². The van der Waals surface area contributed by atoms with Gasteiger partial charge < -0.3 is 10.3 Å². The molecule has 0 radical (unpaired) electrons. The summed E-state index contributed by atoms with van der Waals surface area (Å²) in [5.41, 5.74) is 6.86. The first-order chi connectivity index (χ1) is 7.66. The van der Waals surface area contributed by atoms with Gasteiger partial charge in [-0.1, -0.05) is 0 Å². The average Bonchev–Trinajstić information content (AvgIpc) is 2.65. The second-order valence-corrected chi connectivity index (χ2v) is 3.29. The molecule has 0 spiro atoms. The summed E-state index contributed by atoms with van der Waals surface area (Å²) in [4.78, 5) is 7.69. The number of pyridine rings is 1. The highest BCUT2D eigenvalue weighted by molar-refractivity contribution is 5.61. The molecule has 4 nitrogen and oxygen atoms in total. The van der Waals surface area contributed by atoms with E-state index in [0.29, 0.717) is 11.5 Å². The number of nitrogen functional groups attached to an aromatic ring is 1. The van der Waals surface area contributed by atoms with Gasteiger partial charge in [0.2, 0.25) is 0 Å². The molecule has 0 saturated heterocycles. The Morgan fingerprint density at radius 2 is 2.25 bits per heavy atom. The van der Waals surface area contributed by atoms with Crippen LogP contribution in [0.2, 0.25) is 0 Å². The van der Waals surface area contributed by atoms with E-state index in [1.54, 1.807) is 12.1 Å². The Morgan fingerprint density at radius 1 is 1.44 bits per heavy atom. The Labute approximate surface area is 90.7 Å². The lowest BCUT2D eigenvalue weighted by atomic mass is 10.2. The van der Waals surface area contributed by atoms with Crippen LogP contribution < -0.4 is 5.73 Å². The van der Waals surface area contributed by atoms with Crippen molar-refractivity contribution >= 4 is 5.82 Å². The molecule has 0 unspecified atom stereocenters. The van der Waals surface area contributed by atoms with Crippen molar-refractivity contribution in [2.24, 2.45) is 0 Å². The molecule has 0 aromatic carbocycles. The largest absolute Gasteiger partial charge is 0.384 e. The fraction of sp³-hybridized carbons (Fsp3) is 0.200. The standard InChI is InChI=1S/C10H10F2N4/c11-9(12)5-16-6-14-4-8(16)7-1-2-15-10(13)3-7/h1-4,6,9H,5H2,(H2,13,15). The molecule has 0 bridgehead atoms. The molecule has 0 fully saturated rings. The first-order valence-corrected chi connectivity index (χ1v) is 4.67. The van der Waals surface area contributed by atoms with E-state index in [0.717, 1.165) is 5.56 Å². The molecule has 2 heterocycles. The van der Waals surface area contributed by atoms with E-state index in [9.17, 15) is 8.78 Å². The van der Waals surface area contributed by atoms with Crippen molar-refractivity contribution in [3.8, 4) is 11.3 Å². The summed E-state index contributed by atoms with van der Waals surface area (Å²) in [5, 5.41) is 0.